The van der Waals surface area contributed by atoms with Gasteiger partial charge in [0.05, 0.1) is 0 Å². The minimum atomic E-state index is -3.12. The fourth-order valence-corrected chi connectivity index (χ4v) is 1.28. The van der Waals surface area contributed by atoms with Crippen LogP contribution in [0.15, 0.2) is 0 Å². The standard InChI is InChI=1S/C7H15N.HO3P/c1-2-8-6-4-3-5-7-8;1-4(2)3/h2-7H2,1H3;(H,1,2,3). The lowest BCUT2D eigenvalue weighted by molar-refractivity contribution is 0.240. The van der Waals surface area contributed by atoms with Crippen LogP contribution in [-0.2, 0) is 9.13 Å². The summed E-state index contributed by atoms with van der Waals surface area (Å²) in [6.07, 6.45) is 4.30. The summed E-state index contributed by atoms with van der Waals surface area (Å²) in [6.45, 7) is 6.18. The molecule has 0 unspecified atom stereocenters. The van der Waals surface area contributed by atoms with Crippen LogP contribution in [0.25, 0.3) is 0 Å². The van der Waals surface area contributed by atoms with Crippen molar-refractivity contribution in [3.05, 3.63) is 0 Å². The van der Waals surface area contributed by atoms with Crippen LogP contribution in [0, 0.1) is 0 Å². The lowest BCUT2D eigenvalue weighted by Crippen LogP contribution is -2.29. The Morgan fingerprint density at radius 3 is 1.92 bits per heavy atom. The summed E-state index contributed by atoms with van der Waals surface area (Å²) in [5.74, 6) is 0. The number of likely N-dealkylation sites (tertiary alicyclic amines) is 1. The molecule has 0 radical (unpaired) electrons. The highest BCUT2D eigenvalue weighted by Crippen LogP contribution is 2.06. The molecule has 0 aromatic heterocycles. The van der Waals surface area contributed by atoms with Gasteiger partial charge in [-0.05, 0) is 32.5 Å². The summed E-state index contributed by atoms with van der Waals surface area (Å²) in [7, 11) is -3.12. The van der Waals surface area contributed by atoms with E-state index in [1.165, 1.54) is 38.9 Å². The summed E-state index contributed by atoms with van der Waals surface area (Å²) >= 11 is 0. The Kier molecular flexibility index (Phi) is 7.36. The van der Waals surface area contributed by atoms with Gasteiger partial charge in [-0.3, -0.25) is 4.89 Å². The Balaban J connectivity index is 0.000000261. The minimum absolute atomic E-state index is 1.25. The third-order valence-corrected chi connectivity index (χ3v) is 1.90. The van der Waals surface area contributed by atoms with Crippen molar-refractivity contribution < 1.29 is 14.0 Å². The van der Waals surface area contributed by atoms with Crippen molar-refractivity contribution >= 4 is 7.91 Å². The average molecular weight is 193 g/mol. The van der Waals surface area contributed by atoms with E-state index in [1.54, 1.807) is 0 Å². The van der Waals surface area contributed by atoms with Crippen molar-refractivity contribution in [2.24, 2.45) is 0 Å². The van der Waals surface area contributed by atoms with E-state index in [4.69, 9.17) is 14.0 Å². The first-order valence-electron chi connectivity index (χ1n) is 4.22. The fourth-order valence-electron chi connectivity index (χ4n) is 1.28. The topological polar surface area (TPSA) is 57.6 Å². The number of piperidine rings is 1. The molecule has 0 saturated carbocycles. The third-order valence-electron chi connectivity index (χ3n) is 1.90. The van der Waals surface area contributed by atoms with Gasteiger partial charge in [-0.15, -0.1) is 0 Å². The lowest BCUT2D eigenvalue weighted by atomic mass is 10.1. The lowest BCUT2D eigenvalue weighted by Gasteiger charge is -2.24. The Morgan fingerprint density at radius 1 is 1.25 bits per heavy atom. The second kappa shape index (κ2) is 7.47. The van der Waals surface area contributed by atoms with Gasteiger partial charge in [-0.25, -0.2) is 9.13 Å². The molecule has 1 heterocycles. The van der Waals surface area contributed by atoms with Crippen LogP contribution < -0.4 is 0 Å². The van der Waals surface area contributed by atoms with Crippen molar-refractivity contribution in [3.63, 3.8) is 0 Å². The van der Waals surface area contributed by atoms with Gasteiger partial charge in [0.2, 0.25) is 0 Å². The molecule has 0 aromatic carbocycles. The molecular weight excluding hydrogens is 177 g/mol. The smallest absolute Gasteiger partial charge is 0.304 e. The van der Waals surface area contributed by atoms with Crippen molar-refractivity contribution in [1.29, 1.82) is 0 Å². The average Bonchev–Trinajstić information content (AvgIpc) is 2.05. The molecule has 0 bridgehead atoms. The maximum atomic E-state index is 8.59. The number of rotatable bonds is 1. The van der Waals surface area contributed by atoms with Crippen molar-refractivity contribution in [2.45, 2.75) is 26.2 Å². The quantitative estimate of drug-likeness (QED) is 0.642. The van der Waals surface area contributed by atoms with Crippen LogP contribution in [0.5, 0.6) is 0 Å². The molecule has 1 fully saturated rings. The van der Waals surface area contributed by atoms with Crippen LogP contribution >= 0.6 is 7.91 Å². The predicted molar refractivity (Wildman–Crippen MR) is 46.5 cm³/mol. The highest BCUT2D eigenvalue weighted by molar-refractivity contribution is 7.23. The molecule has 0 amide bonds. The van der Waals surface area contributed by atoms with Gasteiger partial charge in [-0.2, -0.15) is 0 Å². The molecule has 1 aliphatic heterocycles. The Hall–Kier alpha value is -0.180. The molecule has 0 spiro atoms. The van der Waals surface area contributed by atoms with Gasteiger partial charge in [0.15, 0.2) is 0 Å². The summed E-state index contributed by atoms with van der Waals surface area (Å²) < 4.78 is 17.2. The Morgan fingerprint density at radius 2 is 1.67 bits per heavy atom. The van der Waals surface area contributed by atoms with E-state index in [0.29, 0.717) is 0 Å². The third kappa shape index (κ3) is 7.92. The molecule has 1 N–H and O–H groups in total. The summed E-state index contributed by atoms with van der Waals surface area (Å²) in [5, 5.41) is 0. The van der Waals surface area contributed by atoms with E-state index in [2.05, 4.69) is 11.8 Å². The first-order chi connectivity index (χ1) is 5.66. The Bertz CT molecular complexity index is 156. The van der Waals surface area contributed by atoms with Gasteiger partial charge in [0, 0.05) is 0 Å². The van der Waals surface area contributed by atoms with Crippen LogP contribution in [-0.4, -0.2) is 29.4 Å². The fraction of sp³-hybridized carbons (Fsp3) is 1.00. The molecule has 12 heavy (non-hydrogen) atoms. The van der Waals surface area contributed by atoms with Crippen LogP contribution in [0.1, 0.15) is 26.2 Å². The van der Waals surface area contributed by atoms with Crippen molar-refractivity contribution in [1.82, 2.24) is 4.90 Å². The van der Waals surface area contributed by atoms with Gasteiger partial charge in [0.25, 0.3) is 0 Å². The highest BCUT2D eigenvalue weighted by Gasteiger charge is 2.05. The van der Waals surface area contributed by atoms with E-state index in [-0.39, 0.29) is 0 Å². The molecule has 0 aromatic rings. The molecule has 0 aliphatic carbocycles. The zero-order valence-corrected chi connectivity index (χ0v) is 8.30. The monoisotopic (exact) mass is 193 g/mol. The van der Waals surface area contributed by atoms with Gasteiger partial charge >= 0.3 is 7.91 Å². The van der Waals surface area contributed by atoms with Crippen LogP contribution in [0.4, 0.5) is 0 Å². The van der Waals surface area contributed by atoms with E-state index >= 15 is 0 Å². The number of hydrogen-bond acceptors (Lipinski definition) is 3. The second-order valence-corrected chi connectivity index (χ2v) is 3.21. The molecule has 72 valence electrons. The molecule has 5 heteroatoms. The summed E-state index contributed by atoms with van der Waals surface area (Å²) in [5.41, 5.74) is 0. The summed E-state index contributed by atoms with van der Waals surface area (Å²) in [4.78, 5) is 9.53. The zero-order chi connectivity index (χ0) is 9.40. The van der Waals surface area contributed by atoms with E-state index in [0.717, 1.165) is 0 Å². The van der Waals surface area contributed by atoms with Crippen LogP contribution in [0.2, 0.25) is 0 Å². The largest absolute Gasteiger partial charge is 0.465 e. The molecule has 1 rings (SSSR count). The zero-order valence-electron chi connectivity index (χ0n) is 7.40. The Labute approximate surface area is 73.5 Å². The molecule has 4 nitrogen and oxygen atoms in total. The van der Waals surface area contributed by atoms with E-state index < -0.39 is 7.91 Å². The molecule has 0 atom stereocenters. The molecule has 1 saturated heterocycles. The van der Waals surface area contributed by atoms with E-state index in [1.807, 2.05) is 0 Å². The second-order valence-electron chi connectivity index (χ2n) is 2.73. The van der Waals surface area contributed by atoms with Gasteiger partial charge < -0.3 is 4.90 Å². The predicted octanol–water partition coefficient (Wildman–Crippen LogP) is 1.56. The maximum absolute atomic E-state index is 8.59. The summed E-state index contributed by atoms with van der Waals surface area (Å²) in [6, 6.07) is 0. The van der Waals surface area contributed by atoms with Crippen molar-refractivity contribution in [2.75, 3.05) is 19.6 Å². The number of hydrogen-bond donors (Lipinski definition) is 1. The molecular formula is C7H16NO3P. The van der Waals surface area contributed by atoms with Gasteiger partial charge in [-0.1, -0.05) is 13.3 Å². The normalized spacial score (nSPS) is 17.8. The van der Waals surface area contributed by atoms with Gasteiger partial charge in [0.1, 0.15) is 0 Å². The van der Waals surface area contributed by atoms with E-state index in [9.17, 15) is 0 Å². The maximum Gasteiger partial charge on any atom is 0.465 e. The first kappa shape index (κ1) is 11.8. The van der Waals surface area contributed by atoms with Crippen molar-refractivity contribution in [3.8, 4) is 0 Å². The first-order valence-corrected chi connectivity index (χ1v) is 5.35. The molecule has 1 aliphatic rings. The number of nitrogens with zero attached hydrogens (tertiary/aromatic N) is 1. The van der Waals surface area contributed by atoms with Crippen LogP contribution in [0.3, 0.4) is 0 Å². The highest BCUT2D eigenvalue weighted by atomic mass is 31.1. The SMILES string of the molecule is CCN1CCCCC1.O=P(=O)O. The minimum Gasteiger partial charge on any atom is -0.304 e.